The summed E-state index contributed by atoms with van der Waals surface area (Å²) in [6, 6.07) is 7.93. The maximum Gasteiger partial charge on any atom is 0.257 e. The molecule has 25 heavy (non-hydrogen) atoms. The fourth-order valence-electron chi connectivity index (χ4n) is 3.28. The molecule has 2 aromatic rings. The molecule has 3 rings (SSSR count). The summed E-state index contributed by atoms with van der Waals surface area (Å²) < 4.78 is 11.9. The quantitative estimate of drug-likeness (QED) is 0.906. The number of nitrogens with one attached hydrogen (secondary N) is 1. The Hall–Kier alpha value is -2.34. The second-order valence-electron chi connectivity index (χ2n) is 6.68. The average Bonchev–Trinajstić information content (AvgIpc) is 3.06. The number of amides is 1. The third-order valence-electron chi connectivity index (χ3n) is 4.90. The van der Waals surface area contributed by atoms with Crippen molar-refractivity contribution in [1.29, 1.82) is 0 Å². The van der Waals surface area contributed by atoms with Crippen molar-refractivity contribution in [3.63, 3.8) is 0 Å². The second kappa shape index (κ2) is 7.27. The Balaban J connectivity index is 1.71. The van der Waals surface area contributed by atoms with Crippen LogP contribution in [0.2, 0.25) is 0 Å². The highest BCUT2D eigenvalue weighted by molar-refractivity contribution is 5.95. The summed E-state index contributed by atoms with van der Waals surface area (Å²) in [6.45, 7) is 5.53. The molecule has 1 aliphatic heterocycles. The lowest BCUT2D eigenvalue weighted by atomic mass is 9.92. The summed E-state index contributed by atoms with van der Waals surface area (Å²) in [6.07, 6.45) is 3.34. The van der Waals surface area contributed by atoms with Gasteiger partial charge in [-0.05, 0) is 38.3 Å². The zero-order valence-electron chi connectivity index (χ0n) is 15.0. The van der Waals surface area contributed by atoms with Gasteiger partial charge in [0.05, 0.1) is 18.3 Å². The van der Waals surface area contributed by atoms with Crippen molar-refractivity contribution < 1.29 is 14.3 Å². The van der Waals surface area contributed by atoms with E-state index in [0.717, 1.165) is 36.4 Å². The number of para-hydroxylation sites is 1. The molecular weight excluding hydrogens is 318 g/mol. The van der Waals surface area contributed by atoms with Gasteiger partial charge in [-0.15, -0.1) is 0 Å². The van der Waals surface area contributed by atoms with E-state index in [4.69, 9.17) is 9.47 Å². The number of likely N-dealkylation sites (tertiary alicyclic amines) is 1. The van der Waals surface area contributed by atoms with E-state index in [1.807, 2.05) is 43.0 Å². The largest absolute Gasteiger partial charge is 0.490 e. The van der Waals surface area contributed by atoms with Gasteiger partial charge in [0, 0.05) is 19.3 Å². The monoisotopic (exact) mass is 343 g/mol. The van der Waals surface area contributed by atoms with Gasteiger partial charge >= 0.3 is 0 Å². The molecule has 0 saturated carbocycles. The van der Waals surface area contributed by atoms with Crippen molar-refractivity contribution in [2.45, 2.75) is 32.3 Å². The maximum atomic E-state index is 12.8. The molecular formula is C19H25N3O3. The zero-order valence-corrected chi connectivity index (χ0v) is 15.0. The van der Waals surface area contributed by atoms with E-state index in [-0.39, 0.29) is 5.91 Å². The molecule has 6 nitrogen and oxygen atoms in total. The fraction of sp³-hybridized carbons (Fsp3) is 0.474. The van der Waals surface area contributed by atoms with Crippen molar-refractivity contribution in [2.24, 2.45) is 0 Å². The van der Waals surface area contributed by atoms with E-state index in [1.165, 1.54) is 0 Å². The van der Waals surface area contributed by atoms with Crippen LogP contribution < -0.4 is 4.74 Å². The van der Waals surface area contributed by atoms with Crippen LogP contribution in [0.4, 0.5) is 0 Å². The first kappa shape index (κ1) is 17.5. The van der Waals surface area contributed by atoms with E-state index in [9.17, 15) is 4.79 Å². The highest BCUT2D eigenvalue weighted by atomic mass is 16.5. The first-order valence-electron chi connectivity index (χ1n) is 8.57. The number of benzene rings is 1. The number of hydrogen-bond acceptors (Lipinski definition) is 4. The van der Waals surface area contributed by atoms with Crippen molar-refractivity contribution in [1.82, 2.24) is 15.1 Å². The van der Waals surface area contributed by atoms with Crippen LogP contribution in [-0.2, 0) is 4.74 Å². The summed E-state index contributed by atoms with van der Waals surface area (Å²) in [5.41, 5.74) is 2.00. The number of aromatic nitrogens is 2. The predicted octanol–water partition coefficient (Wildman–Crippen LogP) is 2.73. The van der Waals surface area contributed by atoms with Crippen LogP contribution in [0.3, 0.4) is 0 Å². The molecule has 1 fully saturated rings. The highest BCUT2D eigenvalue weighted by Crippen LogP contribution is 2.28. The minimum Gasteiger partial charge on any atom is -0.490 e. The van der Waals surface area contributed by atoms with Crippen LogP contribution in [0, 0.1) is 13.8 Å². The molecule has 1 amide bonds. The van der Waals surface area contributed by atoms with Gasteiger partial charge in [0.2, 0.25) is 0 Å². The van der Waals surface area contributed by atoms with Crippen LogP contribution >= 0.6 is 0 Å². The molecule has 0 radical (unpaired) electrons. The molecule has 1 aromatic heterocycles. The molecule has 0 bridgehead atoms. The molecule has 134 valence electrons. The van der Waals surface area contributed by atoms with Gasteiger partial charge in [-0.1, -0.05) is 18.2 Å². The number of piperidine rings is 1. The summed E-state index contributed by atoms with van der Waals surface area (Å²) in [7, 11) is 1.69. The number of hydrogen-bond donors (Lipinski definition) is 1. The van der Waals surface area contributed by atoms with Crippen LogP contribution in [0.25, 0.3) is 0 Å². The summed E-state index contributed by atoms with van der Waals surface area (Å²) >= 11 is 0. The molecule has 1 aliphatic rings. The number of carbonyl (C=O) groups is 1. The Morgan fingerprint density at radius 1 is 1.36 bits per heavy atom. The van der Waals surface area contributed by atoms with Gasteiger partial charge in [-0.3, -0.25) is 9.89 Å². The Morgan fingerprint density at radius 3 is 2.84 bits per heavy atom. The lowest BCUT2D eigenvalue weighted by Crippen LogP contribution is -2.54. The normalized spacial score (nSPS) is 20.5. The first-order chi connectivity index (χ1) is 12.0. The third kappa shape index (κ3) is 3.69. The van der Waals surface area contributed by atoms with Gasteiger partial charge < -0.3 is 14.4 Å². The Kier molecular flexibility index (Phi) is 5.08. The van der Waals surface area contributed by atoms with E-state index in [1.54, 1.807) is 13.3 Å². The number of rotatable bonds is 5. The molecule has 1 saturated heterocycles. The Labute approximate surface area is 148 Å². The Bertz CT molecular complexity index is 743. The van der Waals surface area contributed by atoms with Crippen molar-refractivity contribution in [3.8, 4) is 5.75 Å². The average molecular weight is 343 g/mol. The molecule has 6 heteroatoms. The summed E-state index contributed by atoms with van der Waals surface area (Å²) in [5.74, 6) is 0.844. The molecule has 1 aromatic carbocycles. The number of ether oxygens (including phenoxy) is 2. The standard InChI is InChI=1S/C19H25N3O3/c1-14-7-4-5-8-17(14)25-13-19(24-3)9-6-10-22(12-19)18(23)16-11-20-21-15(16)2/h4-5,7-8,11H,6,9-10,12-13H2,1-3H3,(H,20,21)/t19-/m1/s1. The molecule has 1 N–H and O–H groups in total. The number of H-pyrrole nitrogens is 1. The van der Waals surface area contributed by atoms with Gasteiger partial charge in [0.15, 0.2) is 0 Å². The SMILES string of the molecule is CO[C@]1(COc2ccccc2C)CCCN(C(=O)c2cn[nH]c2C)C1. The molecule has 2 heterocycles. The number of aryl methyl sites for hydroxylation is 2. The minimum atomic E-state index is -0.492. The van der Waals surface area contributed by atoms with Crippen molar-refractivity contribution in [2.75, 3.05) is 26.8 Å². The molecule has 0 spiro atoms. The lowest BCUT2D eigenvalue weighted by Gasteiger charge is -2.41. The fourth-order valence-corrected chi connectivity index (χ4v) is 3.28. The number of nitrogens with zero attached hydrogens (tertiary/aromatic N) is 2. The van der Waals surface area contributed by atoms with E-state index < -0.39 is 5.60 Å². The Morgan fingerprint density at radius 2 is 2.16 bits per heavy atom. The number of aromatic amines is 1. The summed E-state index contributed by atoms with van der Waals surface area (Å²) in [5, 5.41) is 6.77. The van der Waals surface area contributed by atoms with E-state index in [2.05, 4.69) is 10.2 Å². The van der Waals surface area contributed by atoms with Gasteiger partial charge in [-0.2, -0.15) is 5.10 Å². The van der Waals surface area contributed by atoms with E-state index in [0.29, 0.717) is 18.7 Å². The van der Waals surface area contributed by atoms with Gasteiger partial charge in [0.1, 0.15) is 18.0 Å². The van der Waals surface area contributed by atoms with Crippen LogP contribution in [0.15, 0.2) is 30.5 Å². The van der Waals surface area contributed by atoms with E-state index >= 15 is 0 Å². The topological polar surface area (TPSA) is 67.5 Å². The van der Waals surface area contributed by atoms with Crippen molar-refractivity contribution >= 4 is 5.91 Å². The van der Waals surface area contributed by atoms with Crippen LogP contribution in [0.1, 0.15) is 34.5 Å². The predicted molar refractivity (Wildman–Crippen MR) is 94.9 cm³/mol. The number of methoxy groups -OCH3 is 1. The van der Waals surface area contributed by atoms with Crippen LogP contribution in [-0.4, -0.2) is 53.4 Å². The van der Waals surface area contributed by atoms with Gasteiger partial charge in [-0.25, -0.2) is 0 Å². The molecule has 0 aliphatic carbocycles. The van der Waals surface area contributed by atoms with Crippen molar-refractivity contribution in [3.05, 3.63) is 47.3 Å². The highest BCUT2D eigenvalue weighted by Gasteiger charge is 2.39. The first-order valence-corrected chi connectivity index (χ1v) is 8.57. The molecule has 1 atom stereocenters. The van der Waals surface area contributed by atoms with Gasteiger partial charge in [0.25, 0.3) is 5.91 Å². The van der Waals surface area contributed by atoms with Crippen LogP contribution in [0.5, 0.6) is 5.75 Å². The lowest BCUT2D eigenvalue weighted by molar-refractivity contribution is -0.0825. The molecule has 0 unspecified atom stereocenters. The maximum absolute atomic E-state index is 12.8. The smallest absolute Gasteiger partial charge is 0.257 e. The zero-order chi connectivity index (χ0) is 17.9. The second-order valence-corrected chi connectivity index (χ2v) is 6.68. The summed E-state index contributed by atoms with van der Waals surface area (Å²) in [4.78, 5) is 14.6. The minimum absolute atomic E-state index is 0.0109. The third-order valence-corrected chi connectivity index (χ3v) is 4.90. The number of carbonyl (C=O) groups excluding carboxylic acids is 1.